The van der Waals surface area contributed by atoms with Crippen LogP contribution in [0.3, 0.4) is 0 Å². The lowest BCUT2D eigenvalue weighted by Gasteiger charge is -2.03. The Morgan fingerprint density at radius 2 is 2.08 bits per heavy atom. The fourth-order valence-electron chi connectivity index (χ4n) is 1.01. The Morgan fingerprint density at radius 3 is 2.50 bits per heavy atom. The maximum Gasteiger partial charge on any atom is 0.264 e. The van der Waals surface area contributed by atoms with Gasteiger partial charge in [0.15, 0.2) is 0 Å². The minimum atomic E-state index is -2.42. The van der Waals surface area contributed by atoms with Crippen molar-refractivity contribution < 1.29 is 8.78 Å². The van der Waals surface area contributed by atoms with E-state index in [1.165, 1.54) is 12.1 Å². The molecule has 0 unspecified atom stereocenters. The van der Waals surface area contributed by atoms with Gasteiger partial charge in [-0.15, -0.1) is 6.42 Å². The molecule has 0 aromatic heterocycles. The number of alkyl halides is 2. The average Bonchev–Trinajstić information content (AvgIpc) is 2.03. The third-order valence-electron chi connectivity index (χ3n) is 1.67. The monoisotopic (exact) mass is 166 g/mol. The molecule has 0 aliphatic heterocycles. The summed E-state index contributed by atoms with van der Waals surface area (Å²) in [6, 6.07) is 4.48. The van der Waals surface area contributed by atoms with Crippen LogP contribution in [0.4, 0.5) is 8.78 Å². The van der Waals surface area contributed by atoms with E-state index in [0.717, 1.165) is 0 Å². The normalized spacial score (nSPS) is 9.92. The molecule has 0 N–H and O–H groups in total. The highest BCUT2D eigenvalue weighted by molar-refractivity contribution is 5.39. The smallest absolute Gasteiger partial charge is 0.205 e. The van der Waals surface area contributed by atoms with Gasteiger partial charge in [-0.3, -0.25) is 0 Å². The molecule has 1 aromatic rings. The van der Waals surface area contributed by atoms with Crippen LogP contribution >= 0.6 is 0 Å². The van der Waals surface area contributed by atoms with E-state index in [2.05, 4.69) is 5.92 Å². The summed E-state index contributed by atoms with van der Waals surface area (Å²) < 4.78 is 24.4. The Hall–Kier alpha value is -1.36. The SMILES string of the molecule is C#Cc1ccc(C(F)F)c(C)c1. The van der Waals surface area contributed by atoms with E-state index in [9.17, 15) is 8.78 Å². The highest BCUT2D eigenvalue weighted by Crippen LogP contribution is 2.22. The Labute approximate surface area is 70.2 Å². The zero-order chi connectivity index (χ0) is 9.14. The molecule has 2 heteroatoms. The van der Waals surface area contributed by atoms with E-state index in [1.54, 1.807) is 13.0 Å². The molecule has 1 aromatic carbocycles. The molecule has 0 spiro atoms. The third-order valence-corrected chi connectivity index (χ3v) is 1.67. The number of hydrogen-bond acceptors (Lipinski definition) is 0. The molecule has 0 fully saturated rings. The van der Waals surface area contributed by atoms with Crippen LogP contribution in [-0.4, -0.2) is 0 Å². The number of terminal acetylenes is 1. The molecule has 0 bridgehead atoms. The summed E-state index contributed by atoms with van der Waals surface area (Å²) in [6.07, 6.45) is 2.69. The standard InChI is InChI=1S/C10H8F2/c1-3-8-4-5-9(10(11)12)7(2)6-8/h1,4-6,10H,2H3. The first-order chi connectivity index (χ1) is 5.65. The second-order valence-electron chi connectivity index (χ2n) is 2.52. The van der Waals surface area contributed by atoms with Crippen LogP contribution in [0.15, 0.2) is 18.2 Å². The van der Waals surface area contributed by atoms with E-state index in [0.29, 0.717) is 11.1 Å². The van der Waals surface area contributed by atoms with Crippen LogP contribution in [0.1, 0.15) is 23.1 Å². The van der Waals surface area contributed by atoms with Gasteiger partial charge in [0.2, 0.25) is 0 Å². The van der Waals surface area contributed by atoms with E-state index in [-0.39, 0.29) is 5.56 Å². The van der Waals surface area contributed by atoms with Gasteiger partial charge in [0.05, 0.1) is 0 Å². The maximum atomic E-state index is 12.2. The second-order valence-corrected chi connectivity index (χ2v) is 2.52. The average molecular weight is 166 g/mol. The van der Waals surface area contributed by atoms with Gasteiger partial charge in [-0.2, -0.15) is 0 Å². The van der Waals surface area contributed by atoms with Gasteiger partial charge < -0.3 is 0 Å². The van der Waals surface area contributed by atoms with Gasteiger partial charge >= 0.3 is 0 Å². The van der Waals surface area contributed by atoms with Gasteiger partial charge in [-0.1, -0.05) is 12.0 Å². The Morgan fingerprint density at radius 1 is 1.42 bits per heavy atom. The molecule has 62 valence electrons. The predicted octanol–water partition coefficient (Wildman–Crippen LogP) is 2.91. The molecular weight excluding hydrogens is 158 g/mol. The first kappa shape index (κ1) is 8.73. The highest BCUT2D eigenvalue weighted by atomic mass is 19.3. The van der Waals surface area contributed by atoms with E-state index < -0.39 is 6.43 Å². The first-order valence-corrected chi connectivity index (χ1v) is 3.50. The first-order valence-electron chi connectivity index (χ1n) is 3.50. The molecule has 0 nitrogen and oxygen atoms in total. The quantitative estimate of drug-likeness (QED) is 0.563. The van der Waals surface area contributed by atoms with Gasteiger partial charge in [0.1, 0.15) is 0 Å². The molecule has 0 aliphatic carbocycles. The molecule has 0 heterocycles. The largest absolute Gasteiger partial charge is 0.264 e. The van der Waals surface area contributed by atoms with Crippen LogP contribution in [0.2, 0.25) is 0 Å². The molecule has 0 atom stereocenters. The van der Waals surface area contributed by atoms with Crippen molar-refractivity contribution in [2.45, 2.75) is 13.3 Å². The molecule has 0 saturated carbocycles. The fourth-order valence-corrected chi connectivity index (χ4v) is 1.01. The van der Waals surface area contributed by atoms with E-state index in [4.69, 9.17) is 6.42 Å². The third kappa shape index (κ3) is 1.62. The summed E-state index contributed by atoms with van der Waals surface area (Å²) in [5.41, 5.74) is 1.23. The second kappa shape index (κ2) is 3.36. The summed E-state index contributed by atoms with van der Waals surface area (Å²) in [6.45, 7) is 1.63. The summed E-state index contributed by atoms with van der Waals surface area (Å²) in [4.78, 5) is 0. The maximum absolute atomic E-state index is 12.2. The molecular formula is C10H8F2. The van der Waals surface area contributed by atoms with Crippen LogP contribution in [0.25, 0.3) is 0 Å². The van der Waals surface area contributed by atoms with Crippen molar-refractivity contribution in [3.8, 4) is 12.3 Å². The van der Waals surface area contributed by atoms with Crippen LogP contribution in [0, 0.1) is 19.3 Å². The van der Waals surface area contributed by atoms with Crippen molar-refractivity contribution in [1.82, 2.24) is 0 Å². The number of rotatable bonds is 1. The molecule has 1 rings (SSSR count). The highest BCUT2D eigenvalue weighted by Gasteiger charge is 2.09. The minimum Gasteiger partial charge on any atom is -0.205 e. The summed E-state index contributed by atoms with van der Waals surface area (Å²) in [5.74, 6) is 2.39. The summed E-state index contributed by atoms with van der Waals surface area (Å²) >= 11 is 0. The Balaban J connectivity index is 3.14. The topological polar surface area (TPSA) is 0 Å². The van der Waals surface area contributed by atoms with Crippen molar-refractivity contribution in [3.05, 3.63) is 34.9 Å². The number of hydrogen-bond donors (Lipinski definition) is 0. The van der Waals surface area contributed by atoms with Gasteiger partial charge in [-0.05, 0) is 24.6 Å². The number of halogens is 2. The van der Waals surface area contributed by atoms with Crippen LogP contribution < -0.4 is 0 Å². The molecule has 0 radical (unpaired) electrons. The Kier molecular flexibility index (Phi) is 2.44. The van der Waals surface area contributed by atoms with Crippen molar-refractivity contribution in [2.24, 2.45) is 0 Å². The number of aryl methyl sites for hydroxylation is 1. The lowest BCUT2D eigenvalue weighted by molar-refractivity contribution is 0.150. The molecule has 0 saturated heterocycles. The van der Waals surface area contributed by atoms with Crippen molar-refractivity contribution in [1.29, 1.82) is 0 Å². The van der Waals surface area contributed by atoms with Gasteiger partial charge in [0, 0.05) is 11.1 Å². The summed E-state index contributed by atoms with van der Waals surface area (Å²) in [5, 5.41) is 0. The zero-order valence-corrected chi connectivity index (χ0v) is 6.64. The van der Waals surface area contributed by atoms with Crippen molar-refractivity contribution in [2.75, 3.05) is 0 Å². The van der Waals surface area contributed by atoms with Gasteiger partial charge in [0.25, 0.3) is 6.43 Å². The Bertz CT molecular complexity index is 321. The lowest BCUT2D eigenvalue weighted by Crippen LogP contribution is -1.89. The minimum absolute atomic E-state index is 0.0500. The molecule has 0 aliphatic rings. The lowest BCUT2D eigenvalue weighted by atomic mass is 10.1. The molecule has 12 heavy (non-hydrogen) atoms. The zero-order valence-electron chi connectivity index (χ0n) is 6.64. The predicted molar refractivity (Wildman–Crippen MR) is 44.1 cm³/mol. The summed E-state index contributed by atoms with van der Waals surface area (Å²) in [7, 11) is 0. The van der Waals surface area contributed by atoms with E-state index >= 15 is 0 Å². The molecule has 0 amide bonds. The fraction of sp³-hybridized carbons (Fsp3) is 0.200. The number of benzene rings is 1. The van der Waals surface area contributed by atoms with E-state index in [1.807, 2.05) is 0 Å². The van der Waals surface area contributed by atoms with Crippen molar-refractivity contribution in [3.63, 3.8) is 0 Å². The van der Waals surface area contributed by atoms with Crippen LogP contribution in [0.5, 0.6) is 0 Å². The van der Waals surface area contributed by atoms with Crippen molar-refractivity contribution >= 4 is 0 Å². The van der Waals surface area contributed by atoms with Gasteiger partial charge in [-0.25, -0.2) is 8.78 Å². The van der Waals surface area contributed by atoms with Crippen LogP contribution in [-0.2, 0) is 0 Å².